The van der Waals surface area contributed by atoms with E-state index in [0.717, 1.165) is 12.8 Å². The number of rotatable bonds is 3. The number of amides is 1. The lowest BCUT2D eigenvalue weighted by atomic mass is 10.1. The molecule has 5 nitrogen and oxygen atoms in total. The molecular formula is C12H12ClNO4. The number of aliphatic hydroxyl groups is 1. The number of benzene rings is 1. The Morgan fingerprint density at radius 1 is 1.44 bits per heavy atom. The summed E-state index contributed by atoms with van der Waals surface area (Å²) in [7, 11) is 0. The summed E-state index contributed by atoms with van der Waals surface area (Å²) in [6.07, 6.45) is 1.60. The van der Waals surface area contributed by atoms with E-state index in [1.54, 1.807) is 6.07 Å². The van der Waals surface area contributed by atoms with E-state index in [0.29, 0.717) is 22.1 Å². The van der Waals surface area contributed by atoms with E-state index in [9.17, 15) is 9.90 Å². The van der Waals surface area contributed by atoms with E-state index < -0.39 is 5.54 Å². The van der Waals surface area contributed by atoms with E-state index in [1.165, 1.54) is 6.07 Å². The Balaban J connectivity index is 1.84. The molecule has 0 radical (unpaired) electrons. The predicted octanol–water partition coefficient (Wildman–Crippen LogP) is 1.32. The number of halogens is 1. The molecule has 0 bridgehead atoms. The summed E-state index contributed by atoms with van der Waals surface area (Å²) < 4.78 is 10.4. The third-order valence-electron chi connectivity index (χ3n) is 3.22. The molecule has 1 aliphatic heterocycles. The van der Waals surface area contributed by atoms with Crippen molar-refractivity contribution in [2.24, 2.45) is 0 Å². The Morgan fingerprint density at radius 3 is 2.89 bits per heavy atom. The molecule has 2 N–H and O–H groups in total. The van der Waals surface area contributed by atoms with E-state index >= 15 is 0 Å². The van der Waals surface area contributed by atoms with Crippen LogP contribution in [0.25, 0.3) is 0 Å². The Labute approximate surface area is 109 Å². The largest absolute Gasteiger partial charge is 0.454 e. The number of carbonyl (C=O) groups is 1. The van der Waals surface area contributed by atoms with Gasteiger partial charge in [0.15, 0.2) is 11.5 Å². The van der Waals surface area contributed by atoms with Gasteiger partial charge in [0.1, 0.15) is 0 Å². The molecule has 1 aromatic rings. The monoisotopic (exact) mass is 269 g/mol. The molecule has 1 aromatic carbocycles. The lowest BCUT2D eigenvalue weighted by Gasteiger charge is -2.14. The summed E-state index contributed by atoms with van der Waals surface area (Å²) in [5, 5.41) is 12.3. The Hall–Kier alpha value is -1.46. The Bertz CT molecular complexity index is 513. The Kier molecular flexibility index (Phi) is 2.60. The van der Waals surface area contributed by atoms with Gasteiger partial charge in [0.05, 0.1) is 17.2 Å². The van der Waals surface area contributed by atoms with Crippen LogP contribution in [0, 0.1) is 0 Å². The number of nitrogens with one attached hydrogen (secondary N) is 1. The normalized spacial score (nSPS) is 18.6. The van der Waals surface area contributed by atoms with Crippen LogP contribution in [0.1, 0.15) is 23.2 Å². The molecule has 1 saturated carbocycles. The van der Waals surface area contributed by atoms with E-state index in [4.69, 9.17) is 21.1 Å². The number of fused-ring (bicyclic) bond motifs is 1. The average molecular weight is 270 g/mol. The third-order valence-corrected chi connectivity index (χ3v) is 3.51. The molecule has 3 rings (SSSR count). The minimum Gasteiger partial charge on any atom is -0.454 e. The summed E-state index contributed by atoms with van der Waals surface area (Å²) in [6.45, 7) is 0.0672. The van der Waals surface area contributed by atoms with Crippen LogP contribution in [-0.4, -0.2) is 30.0 Å². The van der Waals surface area contributed by atoms with Crippen LogP contribution in [0.15, 0.2) is 12.1 Å². The van der Waals surface area contributed by atoms with Crippen LogP contribution >= 0.6 is 11.6 Å². The van der Waals surface area contributed by atoms with Crippen molar-refractivity contribution < 1.29 is 19.4 Å². The average Bonchev–Trinajstić information content (AvgIpc) is 2.96. The maximum atomic E-state index is 12.0. The number of carbonyl (C=O) groups excluding carboxylic acids is 1. The summed E-state index contributed by atoms with van der Waals surface area (Å²) >= 11 is 6.01. The quantitative estimate of drug-likeness (QED) is 0.869. The van der Waals surface area contributed by atoms with Crippen LogP contribution in [-0.2, 0) is 0 Å². The van der Waals surface area contributed by atoms with Crippen molar-refractivity contribution >= 4 is 17.5 Å². The second-order valence-corrected chi connectivity index (χ2v) is 4.99. The standard InChI is InChI=1S/C12H12ClNO4/c13-8-3-7(4-9-10(8)18-6-17-9)11(16)14-12(5-15)1-2-12/h3-4,15H,1-2,5-6H2,(H,14,16). The zero-order chi connectivity index (χ0) is 12.8. The van der Waals surface area contributed by atoms with Gasteiger partial charge in [-0.05, 0) is 25.0 Å². The highest BCUT2D eigenvalue weighted by Gasteiger charge is 2.43. The summed E-state index contributed by atoms with van der Waals surface area (Å²) in [6, 6.07) is 3.13. The van der Waals surface area contributed by atoms with Gasteiger partial charge >= 0.3 is 0 Å². The van der Waals surface area contributed by atoms with Gasteiger partial charge in [0, 0.05) is 5.56 Å². The molecule has 96 valence electrons. The first-order valence-electron chi connectivity index (χ1n) is 5.66. The van der Waals surface area contributed by atoms with E-state index in [-0.39, 0.29) is 19.3 Å². The van der Waals surface area contributed by atoms with Crippen LogP contribution in [0.2, 0.25) is 5.02 Å². The molecular weight excluding hydrogens is 258 g/mol. The van der Waals surface area contributed by atoms with Crippen molar-refractivity contribution in [2.45, 2.75) is 18.4 Å². The van der Waals surface area contributed by atoms with Crippen LogP contribution in [0.3, 0.4) is 0 Å². The highest BCUT2D eigenvalue weighted by molar-refractivity contribution is 6.32. The topological polar surface area (TPSA) is 67.8 Å². The number of hydrogen-bond acceptors (Lipinski definition) is 4. The molecule has 1 aliphatic carbocycles. The highest BCUT2D eigenvalue weighted by atomic mass is 35.5. The summed E-state index contributed by atoms with van der Waals surface area (Å²) in [5.74, 6) is 0.680. The first-order chi connectivity index (χ1) is 8.63. The molecule has 0 atom stereocenters. The van der Waals surface area contributed by atoms with Gasteiger partial charge in [-0.1, -0.05) is 11.6 Å². The molecule has 6 heteroatoms. The molecule has 0 aromatic heterocycles. The number of hydrogen-bond donors (Lipinski definition) is 2. The van der Waals surface area contributed by atoms with Crippen molar-refractivity contribution in [1.29, 1.82) is 0 Å². The molecule has 18 heavy (non-hydrogen) atoms. The van der Waals surface area contributed by atoms with Crippen LogP contribution in [0.5, 0.6) is 11.5 Å². The maximum absolute atomic E-state index is 12.0. The van der Waals surface area contributed by atoms with Crippen molar-refractivity contribution in [3.8, 4) is 11.5 Å². The third kappa shape index (κ3) is 1.89. The fraction of sp³-hybridized carbons (Fsp3) is 0.417. The van der Waals surface area contributed by atoms with Gasteiger partial charge in [-0.3, -0.25) is 4.79 Å². The second kappa shape index (κ2) is 4.03. The maximum Gasteiger partial charge on any atom is 0.251 e. The number of aliphatic hydroxyl groups excluding tert-OH is 1. The van der Waals surface area contributed by atoms with Crippen LogP contribution in [0.4, 0.5) is 0 Å². The lowest BCUT2D eigenvalue weighted by molar-refractivity contribution is 0.0906. The Morgan fingerprint density at radius 2 is 2.22 bits per heavy atom. The summed E-state index contributed by atoms with van der Waals surface area (Å²) in [4.78, 5) is 12.0. The highest BCUT2D eigenvalue weighted by Crippen LogP contribution is 2.40. The van der Waals surface area contributed by atoms with Crippen LogP contribution < -0.4 is 14.8 Å². The van der Waals surface area contributed by atoms with Crippen molar-refractivity contribution in [2.75, 3.05) is 13.4 Å². The first kappa shape index (κ1) is 11.6. The molecule has 2 aliphatic rings. The van der Waals surface area contributed by atoms with Gasteiger partial charge < -0.3 is 19.9 Å². The van der Waals surface area contributed by atoms with Gasteiger partial charge in [0.2, 0.25) is 6.79 Å². The lowest BCUT2D eigenvalue weighted by Crippen LogP contribution is -2.39. The molecule has 1 fully saturated rings. The van der Waals surface area contributed by atoms with Crippen molar-refractivity contribution in [3.63, 3.8) is 0 Å². The zero-order valence-electron chi connectivity index (χ0n) is 9.53. The second-order valence-electron chi connectivity index (χ2n) is 4.58. The smallest absolute Gasteiger partial charge is 0.251 e. The van der Waals surface area contributed by atoms with E-state index in [2.05, 4.69) is 5.32 Å². The minimum absolute atomic E-state index is 0.0446. The molecule has 0 spiro atoms. The van der Waals surface area contributed by atoms with Gasteiger partial charge in [-0.25, -0.2) is 0 Å². The SMILES string of the molecule is O=C(NC1(CO)CC1)c1cc(Cl)c2c(c1)OCO2. The van der Waals surface area contributed by atoms with Gasteiger partial charge in [0.25, 0.3) is 5.91 Å². The molecule has 0 saturated heterocycles. The zero-order valence-corrected chi connectivity index (χ0v) is 10.3. The fourth-order valence-electron chi connectivity index (χ4n) is 1.89. The molecule has 1 heterocycles. The molecule has 1 amide bonds. The van der Waals surface area contributed by atoms with Gasteiger partial charge in [-0.15, -0.1) is 0 Å². The first-order valence-corrected chi connectivity index (χ1v) is 6.04. The minimum atomic E-state index is -0.445. The fourth-order valence-corrected chi connectivity index (χ4v) is 2.15. The summed E-state index contributed by atoms with van der Waals surface area (Å²) in [5.41, 5.74) is -0.0381. The number of ether oxygens (including phenoxy) is 2. The van der Waals surface area contributed by atoms with E-state index in [1.807, 2.05) is 0 Å². The van der Waals surface area contributed by atoms with Crippen molar-refractivity contribution in [3.05, 3.63) is 22.7 Å². The van der Waals surface area contributed by atoms with Crippen molar-refractivity contribution in [1.82, 2.24) is 5.32 Å². The predicted molar refractivity (Wildman–Crippen MR) is 64.1 cm³/mol. The van der Waals surface area contributed by atoms with Gasteiger partial charge in [-0.2, -0.15) is 0 Å². The molecule has 0 unspecified atom stereocenters.